The van der Waals surface area contributed by atoms with E-state index in [9.17, 15) is 4.80 Å². The van der Waals surface area contributed by atoms with Crippen molar-refractivity contribution in [2.45, 2.75) is 32.2 Å². The second kappa shape index (κ2) is 6.91. The number of aliphatic hydroxyl groups is 1. The maximum Gasteiger partial charge on any atom is 0.182 e. The van der Waals surface area contributed by atoms with Gasteiger partial charge >= 0.3 is 0 Å². The van der Waals surface area contributed by atoms with Gasteiger partial charge in [0.2, 0.25) is 0 Å². The van der Waals surface area contributed by atoms with E-state index in [1.807, 2.05) is 25.2 Å². The van der Waals surface area contributed by atoms with E-state index in [-0.39, 0.29) is 6.61 Å². The summed E-state index contributed by atoms with van der Waals surface area (Å²) >= 11 is 0. The lowest BCUT2D eigenvalue weighted by Crippen LogP contribution is -2.25. The first-order valence-corrected chi connectivity index (χ1v) is 9.15. The predicted molar refractivity (Wildman–Crippen MR) is 71.4 cm³/mol. The molecule has 0 bridgehead atoms. The van der Waals surface area contributed by atoms with Gasteiger partial charge in [-0.25, -0.2) is 0 Å². The summed E-state index contributed by atoms with van der Waals surface area (Å²) in [5.41, 5.74) is 2.36. The number of rotatable bonds is 7. The summed E-state index contributed by atoms with van der Waals surface area (Å²) in [5, 5.41) is 8.62. The van der Waals surface area contributed by atoms with Crippen molar-refractivity contribution in [3.05, 3.63) is 35.4 Å². The summed E-state index contributed by atoms with van der Waals surface area (Å²) < 4.78 is 5.28. The van der Waals surface area contributed by atoms with E-state index in [2.05, 4.69) is 12.1 Å². The fraction of sp³-hybridized carbons (Fsp3) is 0.538. The normalized spacial score (nSPS) is 11.8. The Morgan fingerprint density at radius 1 is 1.24 bits per heavy atom. The van der Waals surface area contributed by atoms with Gasteiger partial charge in [-0.3, -0.25) is 0 Å². The van der Waals surface area contributed by atoms with E-state index in [1.165, 1.54) is 5.56 Å². The highest BCUT2D eigenvalue weighted by Gasteiger charge is 2.16. The molecule has 4 heteroatoms. The van der Waals surface area contributed by atoms with Gasteiger partial charge in [0.15, 0.2) is 8.32 Å². The summed E-state index contributed by atoms with van der Waals surface area (Å²) in [6.07, 6.45) is 0.920. The molecule has 1 aromatic carbocycles. The third kappa shape index (κ3) is 6.58. The number of ether oxygens (including phenoxy) is 1. The minimum Gasteiger partial charge on any atom is -0.432 e. The maximum absolute atomic E-state index is 9.81. The fourth-order valence-corrected chi connectivity index (χ4v) is 2.48. The van der Waals surface area contributed by atoms with Crippen molar-refractivity contribution in [3.8, 4) is 0 Å². The first kappa shape index (κ1) is 14.4. The van der Waals surface area contributed by atoms with Crippen molar-refractivity contribution >= 4 is 8.32 Å². The maximum atomic E-state index is 9.81. The van der Waals surface area contributed by atoms with Crippen LogP contribution in [-0.4, -0.2) is 31.4 Å². The highest BCUT2D eigenvalue weighted by Crippen LogP contribution is 2.13. The van der Waals surface area contributed by atoms with Crippen molar-refractivity contribution in [1.82, 2.24) is 0 Å². The van der Waals surface area contributed by atoms with E-state index in [0.29, 0.717) is 13.2 Å². The lowest BCUT2D eigenvalue weighted by atomic mass is 10.1. The Labute approximate surface area is 104 Å². The average molecular weight is 254 g/mol. The quantitative estimate of drug-likeness (QED) is 0.577. The summed E-state index contributed by atoms with van der Waals surface area (Å²) in [4.78, 5) is 9.81. The van der Waals surface area contributed by atoms with E-state index in [0.717, 1.165) is 18.0 Å². The van der Waals surface area contributed by atoms with Crippen LogP contribution in [0.25, 0.3) is 0 Å². The molecular weight excluding hydrogens is 232 g/mol. The van der Waals surface area contributed by atoms with Gasteiger partial charge < -0.3 is 14.6 Å². The van der Waals surface area contributed by atoms with Gasteiger partial charge in [-0.2, -0.15) is 0 Å². The number of hydrogen-bond acceptors (Lipinski definition) is 3. The summed E-state index contributed by atoms with van der Waals surface area (Å²) in [6.45, 7) is 4.89. The average Bonchev–Trinajstić information content (AvgIpc) is 2.27. The second-order valence-electron chi connectivity index (χ2n) is 4.91. The molecule has 96 valence electrons. The van der Waals surface area contributed by atoms with Crippen LogP contribution >= 0.6 is 0 Å². The van der Waals surface area contributed by atoms with Gasteiger partial charge in [0.25, 0.3) is 0 Å². The SMILES string of the molecule is C[Si](C)(O)CCc1cccc(COCCO)c1. The van der Waals surface area contributed by atoms with Crippen LogP contribution in [0.3, 0.4) is 0 Å². The van der Waals surface area contributed by atoms with Crippen LogP contribution in [0.4, 0.5) is 0 Å². The summed E-state index contributed by atoms with van der Waals surface area (Å²) in [7, 11) is -1.95. The van der Waals surface area contributed by atoms with Crippen LogP contribution in [-0.2, 0) is 17.8 Å². The lowest BCUT2D eigenvalue weighted by Gasteiger charge is -2.13. The molecular formula is C13H22O3Si. The van der Waals surface area contributed by atoms with Gasteiger partial charge in [0.05, 0.1) is 19.8 Å². The van der Waals surface area contributed by atoms with Gasteiger partial charge in [-0.1, -0.05) is 24.3 Å². The molecule has 0 unspecified atom stereocenters. The smallest absolute Gasteiger partial charge is 0.182 e. The van der Waals surface area contributed by atoms with Crippen LogP contribution < -0.4 is 0 Å². The van der Waals surface area contributed by atoms with Crippen molar-refractivity contribution in [3.63, 3.8) is 0 Å². The lowest BCUT2D eigenvalue weighted by molar-refractivity contribution is 0.0815. The second-order valence-corrected chi connectivity index (χ2v) is 9.03. The molecule has 0 radical (unpaired) electrons. The Hall–Kier alpha value is -0.683. The van der Waals surface area contributed by atoms with Crippen LogP contribution in [0, 0.1) is 0 Å². The third-order valence-corrected chi connectivity index (χ3v) is 3.99. The van der Waals surface area contributed by atoms with E-state index < -0.39 is 8.32 Å². The summed E-state index contributed by atoms with van der Waals surface area (Å²) in [6, 6.07) is 9.10. The molecule has 0 aliphatic rings. The van der Waals surface area contributed by atoms with E-state index in [4.69, 9.17) is 9.84 Å². The number of hydrogen-bond donors (Lipinski definition) is 2. The standard InChI is InChI=1S/C13H22O3Si/c1-17(2,15)9-6-12-4-3-5-13(10-12)11-16-8-7-14/h3-5,10,14-15H,6-9,11H2,1-2H3. The Morgan fingerprint density at radius 3 is 2.59 bits per heavy atom. The minimum absolute atomic E-state index is 0.0595. The molecule has 0 fully saturated rings. The molecule has 1 rings (SSSR count). The van der Waals surface area contributed by atoms with Crippen molar-refractivity contribution < 1.29 is 14.6 Å². The first-order chi connectivity index (χ1) is 8.01. The molecule has 1 aromatic rings. The fourth-order valence-electron chi connectivity index (χ4n) is 1.58. The Balaban J connectivity index is 2.48. The number of benzene rings is 1. The Morgan fingerprint density at radius 2 is 1.94 bits per heavy atom. The van der Waals surface area contributed by atoms with Crippen molar-refractivity contribution in [1.29, 1.82) is 0 Å². The van der Waals surface area contributed by atoms with Gasteiger partial charge in [0, 0.05) is 0 Å². The zero-order chi connectivity index (χ0) is 12.7. The van der Waals surface area contributed by atoms with E-state index in [1.54, 1.807) is 0 Å². The molecule has 0 aliphatic heterocycles. The molecule has 3 nitrogen and oxygen atoms in total. The van der Waals surface area contributed by atoms with Crippen molar-refractivity contribution in [2.75, 3.05) is 13.2 Å². The summed E-state index contributed by atoms with van der Waals surface area (Å²) in [5.74, 6) is 0. The van der Waals surface area contributed by atoms with Crippen LogP contribution in [0.5, 0.6) is 0 Å². The van der Waals surface area contributed by atoms with Gasteiger partial charge in [0.1, 0.15) is 0 Å². The zero-order valence-corrected chi connectivity index (χ0v) is 11.6. The molecule has 0 heterocycles. The molecule has 0 aromatic heterocycles. The number of aryl methyl sites for hydroxylation is 1. The first-order valence-electron chi connectivity index (χ1n) is 6.00. The Bertz CT molecular complexity index is 334. The topological polar surface area (TPSA) is 49.7 Å². The van der Waals surface area contributed by atoms with Crippen LogP contribution in [0.2, 0.25) is 19.1 Å². The Kier molecular flexibility index (Phi) is 5.84. The molecule has 0 aliphatic carbocycles. The third-order valence-electron chi connectivity index (χ3n) is 2.52. The molecule has 0 spiro atoms. The molecule has 2 N–H and O–H groups in total. The molecule has 0 saturated carbocycles. The van der Waals surface area contributed by atoms with Crippen molar-refractivity contribution in [2.24, 2.45) is 0 Å². The molecule has 0 atom stereocenters. The molecule has 0 saturated heterocycles. The molecule has 0 amide bonds. The number of aliphatic hydroxyl groups excluding tert-OH is 1. The van der Waals surface area contributed by atoms with Crippen LogP contribution in [0.1, 0.15) is 11.1 Å². The largest absolute Gasteiger partial charge is 0.432 e. The monoisotopic (exact) mass is 254 g/mol. The van der Waals surface area contributed by atoms with Gasteiger partial charge in [-0.05, 0) is 36.7 Å². The van der Waals surface area contributed by atoms with E-state index >= 15 is 0 Å². The predicted octanol–water partition coefficient (Wildman–Crippen LogP) is 1.94. The van der Waals surface area contributed by atoms with Gasteiger partial charge in [-0.15, -0.1) is 0 Å². The van der Waals surface area contributed by atoms with Crippen LogP contribution in [0.15, 0.2) is 24.3 Å². The zero-order valence-electron chi connectivity index (χ0n) is 10.6. The highest BCUT2D eigenvalue weighted by molar-refractivity contribution is 6.69. The highest BCUT2D eigenvalue weighted by atomic mass is 28.4. The molecule has 17 heavy (non-hydrogen) atoms. The minimum atomic E-state index is -1.95.